The van der Waals surface area contributed by atoms with E-state index in [1.54, 1.807) is 4.90 Å². The molecule has 116 valence electrons. The fourth-order valence-corrected chi connectivity index (χ4v) is 4.73. The van der Waals surface area contributed by atoms with Gasteiger partial charge < -0.3 is 9.64 Å². The van der Waals surface area contributed by atoms with Crippen LogP contribution in [0.25, 0.3) is 0 Å². The summed E-state index contributed by atoms with van der Waals surface area (Å²) in [6.45, 7) is 6.75. The van der Waals surface area contributed by atoms with Crippen LogP contribution in [-0.4, -0.2) is 49.6 Å². The minimum absolute atomic E-state index is 0.207. The van der Waals surface area contributed by atoms with Gasteiger partial charge in [0.1, 0.15) is 5.60 Å². The Labute approximate surface area is 121 Å². The van der Waals surface area contributed by atoms with Crippen LogP contribution in [0.2, 0.25) is 0 Å². The van der Waals surface area contributed by atoms with Crippen molar-refractivity contribution in [1.82, 2.24) is 4.90 Å². The van der Waals surface area contributed by atoms with Crippen molar-refractivity contribution in [3.63, 3.8) is 0 Å². The minimum Gasteiger partial charge on any atom is -0.443 e. The molecule has 1 aliphatic carbocycles. The number of hydrogen-bond donors (Lipinski definition) is 0. The number of carbonyl (C=O) groups is 1. The number of rotatable bonds is 3. The molecule has 2 fully saturated rings. The molecule has 1 heterocycles. The average molecular weight is 303 g/mol. The van der Waals surface area contributed by atoms with E-state index in [0.717, 1.165) is 19.3 Å². The van der Waals surface area contributed by atoms with Crippen LogP contribution in [0, 0.1) is 5.41 Å². The number of likely N-dealkylation sites (tertiary alicyclic amines) is 1. The van der Waals surface area contributed by atoms with Gasteiger partial charge in [0, 0.05) is 24.8 Å². The van der Waals surface area contributed by atoms with E-state index in [9.17, 15) is 13.2 Å². The Morgan fingerprint density at radius 3 is 2.45 bits per heavy atom. The van der Waals surface area contributed by atoms with E-state index in [2.05, 4.69) is 0 Å². The van der Waals surface area contributed by atoms with Gasteiger partial charge in [0.2, 0.25) is 0 Å². The van der Waals surface area contributed by atoms with Crippen LogP contribution in [0.1, 0.15) is 46.5 Å². The molecular formula is C14H25NO4S. The number of sulfone groups is 1. The molecule has 1 aliphatic heterocycles. The summed E-state index contributed by atoms with van der Waals surface area (Å²) in [6, 6.07) is 0. The van der Waals surface area contributed by atoms with Gasteiger partial charge in [-0.3, -0.25) is 0 Å². The molecule has 6 heteroatoms. The Balaban J connectivity index is 2.04. The third kappa shape index (κ3) is 3.10. The lowest BCUT2D eigenvalue weighted by Gasteiger charge is -2.39. The number of ether oxygens (including phenoxy) is 1. The molecule has 0 N–H and O–H groups in total. The van der Waals surface area contributed by atoms with Gasteiger partial charge in [0.25, 0.3) is 0 Å². The smallest absolute Gasteiger partial charge is 0.410 e. The van der Waals surface area contributed by atoms with E-state index in [1.807, 2.05) is 20.8 Å². The van der Waals surface area contributed by atoms with E-state index >= 15 is 0 Å². The summed E-state index contributed by atoms with van der Waals surface area (Å²) in [5.41, 5.74) is -0.678. The maximum atomic E-state index is 12.2. The van der Waals surface area contributed by atoms with Crippen molar-refractivity contribution in [2.45, 2.75) is 57.3 Å². The molecule has 0 aromatic heterocycles. The zero-order valence-electron chi connectivity index (χ0n) is 12.8. The predicted molar refractivity (Wildman–Crippen MR) is 77.3 cm³/mol. The normalized spacial score (nSPS) is 25.6. The highest BCUT2D eigenvalue weighted by Gasteiger charge is 2.57. The minimum atomic E-state index is -3.04. The highest BCUT2D eigenvalue weighted by molar-refractivity contribution is 7.91. The van der Waals surface area contributed by atoms with Crippen LogP contribution in [0.5, 0.6) is 0 Å². The maximum Gasteiger partial charge on any atom is 0.410 e. The molecule has 5 nitrogen and oxygen atoms in total. The van der Waals surface area contributed by atoms with E-state index in [-0.39, 0.29) is 16.8 Å². The lowest BCUT2D eigenvalue weighted by atomic mass is 9.94. The van der Waals surface area contributed by atoms with Gasteiger partial charge >= 0.3 is 6.09 Å². The van der Waals surface area contributed by atoms with Crippen molar-refractivity contribution in [2.75, 3.05) is 19.3 Å². The molecule has 20 heavy (non-hydrogen) atoms. The zero-order valence-corrected chi connectivity index (χ0v) is 13.6. The molecule has 0 radical (unpaired) electrons. The lowest BCUT2D eigenvalue weighted by Crippen LogP contribution is -2.51. The molecule has 1 amide bonds. The predicted octanol–water partition coefficient (Wildman–Crippen LogP) is 2.21. The highest BCUT2D eigenvalue weighted by atomic mass is 32.2. The average Bonchev–Trinajstić information content (AvgIpc) is 3.06. The highest BCUT2D eigenvalue weighted by Crippen LogP contribution is 2.54. The molecule has 0 aromatic rings. The Kier molecular flexibility index (Phi) is 3.82. The van der Waals surface area contributed by atoms with Crippen molar-refractivity contribution < 1.29 is 17.9 Å². The molecule has 1 spiro atoms. The zero-order chi connectivity index (χ0) is 15.2. The van der Waals surface area contributed by atoms with Crippen LogP contribution >= 0.6 is 0 Å². The van der Waals surface area contributed by atoms with Crippen molar-refractivity contribution in [2.24, 2.45) is 5.41 Å². The van der Waals surface area contributed by atoms with E-state index in [0.29, 0.717) is 19.5 Å². The molecule has 1 saturated carbocycles. The summed E-state index contributed by atoms with van der Waals surface area (Å²) in [5, 5.41) is -0.293. The monoisotopic (exact) mass is 303 g/mol. The van der Waals surface area contributed by atoms with Crippen molar-refractivity contribution in [3.8, 4) is 0 Å². The van der Waals surface area contributed by atoms with Gasteiger partial charge in [-0.25, -0.2) is 13.2 Å². The number of nitrogens with zero attached hydrogens (tertiary/aromatic N) is 1. The second-order valence-corrected chi connectivity index (χ2v) is 9.10. The Bertz CT molecular complexity index is 493. The number of amides is 1. The first-order chi connectivity index (χ1) is 9.10. The Morgan fingerprint density at radius 1 is 1.40 bits per heavy atom. The fourth-order valence-electron chi connectivity index (χ4n) is 2.98. The summed E-state index contributed by atoms with van der Waals surface area (Å²) in [7, 11) is -3.04. The molecule has 2 rings (SSSR count). The number of piperidine rings is 1. The van der Waals surface area contributed by atoms with Gasteiger partial charge in [-0.1, -0.05) is 6.92 Å². The van der Waals surface area contributed by atoms with E-state index < -0.39 is 15.4 Å². The van der Waals surface area contributed by atoms with Gasteiger partial charge in [0.15, 0.2) is 9.84 Å². The largest absolute Gasteiger partial charge is 0.443 e. The van der Waals surface area contributed by atoms with Gasteiger partial charge in [-0.15, -0.1) is 0 Å². The van der Waals surface area contributed by atoms with Crippen LogP contribution in [-0.2, 0) is 14.6 Å². The van der Waals surface area contributed by atoms with Crippen molar-refractivity contribution in [3.05, 3.63) is 0 Å². The van der Waals surface area contributed by atoms with Crippen molar-refractivity contribution >= 4 is 15.9 Å². The first-order valence-corrected chi connectivity index (χ1v) is 9.22. The molecule has 1 saturated heterocycles. The van der Waals surface area contributed by atoms with Crippen molar-refractivity contribution in [1.29, 1.82) is 0 Å². The Morgan fingerprint density at radius 2 is 2.00 bits per heavy atom. The SMILES string of the molecule is CCC(C)(C)OC(=O)N1CC[C@@H](S(C)(=O)=O)C2(CC2)C1. The summed E-state index contributed by atoms with van der Waals surface area (Å²) >= 11 is 0. The molecule has 1 atom stereocenters. The summed E-state index contributed by atoms with van der Waals surface area (Å²) in [6.07, 6.45) is 4.07. The van der Waals surface area contributed by atoms with Gasteiger partial charge in [-0.05, 0) is 39.5 Å². The quantitative estimate of drug-likeness (QED) is 0.802. The summed E-state index contributed by atoms with van der Waals surface area (Å²) in [4.78, 5) is 13.9. The topological polar surface area (TPSA) is 63.7 Å². The maximum absolute atomic E-state index is 12.2. The van der Waals surface area contributed by atoms with Crippen LogP contribution in [0.3, 0.4) is 0 Å². The van der Waals surface area contributed by atoms with Crippen LogP contribution in [0.15, 0.2) is 0 Å². The molecule has 0 bridgehead atoms. The second kappa shape index (κ2) is 4.90. The molecule has 0 aromatic carbocycles. The van der Waals surface area contributed by atoms with E-state index in [4.69, 9.17) is 4.74 Å². The summed E-state index contributed by atoms with van der Waals surface area (Å²) < 4.78 is 29.2. The summed E-state index contributed by atoms with van der Waals surface area (Å²) in [5.74, 6) is 0. The fraction of sp³-hybridized carbons (Fsp3) is 0.929. The molecule has 0 unspecified atom stereocenters. The van der Waals surface area contributed by atoms with Gasteiger partial charge in [-0.2, -0.15) is 0 Å². The molecular weight excluding hydrogens is 278 g/mol. The second-order valence-electron chi connectivity index (χ2n) is 6.87. The number of carbonyl (C=O) groups excluding carboxylic acids is 1. The Hall–Kier alpha value is -0.780. The number of hydrogen-bond acceptors (Lipinski definition) is 4. The van der Waals surface area contributed by atoms with Gasteiger partial charge in [0.05, 0.1) is 5.25 Å². The first kappa shape index (κ1) is 15.6. The lowest BCUT2D eigenvalue weighted by molar-refractivity contribution is 0.00299. The third-order valence-corrected chi connectivity index (χ3v) is 6.50. The van der Waals surface area contributed by atoms with E-state index in [1.165, 1.54) is 6.26 Å². The first-order valence-electron chi connectivity index (χ1n) is 7.26. The van der Waals surface area contributed by atoms with Crippen LogP contribution < -0.4 is 0 Å². The third-order valence-electron chi connectivity index (χ3n) is 4.73. The standard InChI is InChI=1S/C14H25NO4S/c1-5-13(2,3)19-12(16)15-9-6-11(20(4,17)18)14(10-15)7-8-14/h11H,5-10H2,1-4H3/t11-/m1/s1. The molecule has 2 aliphatic rings. The van der Waals surface area contributed by atoms with Crippen LogP contribution in [0.4, 0.5) is 4.79 Å².